The molecule has 120 valence electrons. The fourth-order valence-electron chi connectivity index (χ4n) is 2.08. The molecule has 1 heterocycles. The Morgan fingerprint density at radius 2 is 1.52 bits per heavy atom. The lowest BCUT2D eigenvalue weighted by atomic mass is 9.96. The van der Waals surface area contributed by atoms with Gasteiger partial charge in [0.25, 0.3) is 0 Å². The van der Waals surface area contributed by atoms with Gasteiger partial charge in [-0.15, -0.1) is 0 Å². The van der Waals surface area contributed by atoms with E-state index in [1.54, 1.807) is 6.07 Å². The maximum atomic E-state index is 13.1. The van der Waals surface area contributed by atoms with Gasteiger partial charge >= 0.3 is 12.4 Å². The summed E-state index contributed by atoms with van der Waals surface area (Å²) in [7, 11) is 0. The molecule has 1 aromatic heterocycles. The summed E-state index contributed by atoms with van der Waals surface area (Å²) < 4.78 is 77.2. The monoisotopic (exact) mass is 330 g/mol. The third-order valence-corrected chi connectivity index (χ3v) is 3.03. The summed E-state index contributed by atoms with van der Waals surface area (Å²) in [5.74, 6) is 0. The number of hydrogen-bond donors (Lipinski definition) is 0. The highest BCUT2D eigenvalue weighted by Gasteiger charge is 2.36. The van der Waals surface area contributed by atoms with Crippen LogP contribution in [0.15, 0.2) is 36.4 Å². The van der Waals surface area contributed by atoms with Crippen molar-refractivity contribution < 1.29 is 26.3 Å². The van der Waals surface area contributed by atoms with Crippen LogP contribution in [0.4, 0.5) is 26.3 Å². The summed E-state index contributed by atoms with van der Waals surface area (Å²) in [6.07, 6.45) is -9.96. The molecule has 0 spiro atoms. The van der Waals surface area contributed by atoms with Crippen LogP contribution >= 0.6 is 0 Å². The Morgan fingerprint density at radius 1 is 0.870 bits per heavy atom. The Labute approximate surface area is 127 Å². The fraction of sp³-hybridized carbons (Fsp3) is 0.200. The zero-order chi connectivity index (χ0) is 17.3. The molecular formula is C15H8F6N2. The highest BCUT2D eigenvalue weighted by molar-refractivity contribution is 5.70. The van der Waals surface area contributed by atoms with Gasteiger partial charge in [-0.25, -0.2) is 4.98 Å². The number of nitriles is 1. The summed E-state index contributed by atoms with van der Waals surface area (Å²) in [5, 5.41) is 8.72. The molecule has 2 nitrogen and oxygen atoms in total. The van der Waals surface area contributed by atoms with E-state index < -0.39 is 30.0 Å². The smallest absolute Gasteiger partial charge is 0.247 e. The van der Waals surface area contributed by atoms with Gasteiger partial charge in [-0.05, 0) is 17.7 Å². The number of hydrogen-bond acceptors (Lipinski definition) is 2. The third kappa shape index (κ3) is 3.62. The summed E-state index contributed by atoms with van der Waals surface area (Å²) >= 11 is 0. The van der Waals surface area contributed by atoms with Gasteiger partial charge in [-0.1, -0.05) is 24.3 Å². The second kappa shape index (κ2) is 5.91. The first kappa shape index (κ1) is 16.8. The van der Waals surface area contributed by atoms with Gasteiger partial charge in [0, 0.05) is 5.56 Å². The Bertz CT molecular complexity index is 756. The molecule has 23 heavy (non-hydrogen) atoms. The van der Waals surface area contributed by atoms with Crippen LogP contribution in [0, 0.1) is 11.3 Å². The topological polar surface area (TPSA) is 36.7 Å². The van der Waals surface area contributed by atoms with Gasteiger partial charge in [0.1, 0.15) is 5.69 Å². The minimum atomic E-state index is -4.74. The summed E-state index contributed by atoms with van der Waals surface area (Å²) in [6, 6.07) is 7.59. The minimum absolute atomic E-state index is 0.146. The fourth-order valence-corrected chi connectivity index (χ4v) is 2.08. The molecule has 0 N–H and O–H groups in total. The van der Waals surface area contributed by atoms with E-state index in [1.165, 1.54) is 12.1 Å². The molecule has 2 rings (SSSR count). The summed E-state index contributed by atoms with van der Waals surface area (Å²) in [5.41, 5.74) is -3.06. The molecule has 0 fully saturated rings. The predicted molar refractivity (Wildman–Crippen MR) is 69.0 cm³/mol. The average molecular weight is 330 g/mol. The molecule has 1 aromatic carbocycles. The van der Waals surface area contributed by atoms with E-state index in [4.69, 9.17) is 5.26 Å². The largest absolute Gasteiger partial charge is 0.433 e. The maximum absolute atomic E-state index is 13.1. The average Bonchev–Trinajstić information content (AvgIpc) is 2.46. The molecule has 0 aliphatic carbocycles. The van der Waals surface area contributed by atoms with Gasteiger partial charge in [0.15, 0.2) is 0 Å². The Morgan fingerprint density at radius 3 is 2.09 bits per heavy atom. The zero-order valence-electron chi connectivity index (χ0n) is 11.3. The third-order valence-electron chi connectivity index (χ3n) is 3.03. The van der Waals surface area contributed by atoms with E-state index in [2.05, 4.69) is 4.98 Å². The van der Waals surface area contributed by atoms with Crippen LogP contribution in [-0.4, -0.2) is 4.98 Å². The number of nitrogens with zero attached hydrogens (tertiary/aromatic N) is 2. The van der Waals surface area contributed by atoms with Gasteiger partial charge in [0.05, 0.1) is 23.7 Å². The highest BCUT2D eigenvalue weighted by Crippen LogP contribution is 2.38. The number of benzene rings is 1. The number of aromatic nitrogens is 1. The van der Waals surface area contributed by atoms with E-state index in [1.807, 2.05) is 0 Å². The molecule has 0 bridgehead atoms. The molecule has 0 atom stereocenters. The van der Waals surface area contributed by atoms with Crippen molar-refractivity contribution in [2.75, 3.05) is 0 Å². The lowest BCUT2D eigenvalue weighted by Gasteiger charge is -2.16. The van der Waals surface area contributed by atoms with E-state index in [9.17, 15) is 26.3 Å². The zero-order valence-corrected chi connectivity index (χ0v) is 11.3. The Kier molecular flexibility index (Phi) is 4.32. The predicted octanol–water partition coefficient (Wildman–Crippen LogP) is 4.85. The number of pyridine rings is 1. The van der Waals surface area contributed by atoms with E-state index >= 15 is 0 Å². The van der Waals surface area contributed by atoms with E-state index in [0.29, 0.717) is 6.07 Å². The van der Waals surface area contributed by atoms with Crippen LogP contribution in [-0.2, 0) is 18.8 Å². The van der Waals surface area contributed by atoms with Gasteiger partial charge < -0.3 is 0 Å². The van der Waals surface area contributed by atoms with Crippen molar-refractivity contribution >= 4 is 0 Å². The molecule has 0 saturated carbocycles. The SMILES string of the molecule is N#CCc1nc(C(F)(F)F)ccc1-c1ccccc1C(F)(F)F. The van der Waals surface area contributed by atoms with Gasteiger partial charge in [-0.2, -0.15) is 31.6 Å². The second-order valence-corrected chi connectivity index (χ2v) is 4.57. The van der Waals surface area contributed by atoms with Crippen LogP contribution < -0.4 is 0 Å². The molecule has 0 amide bonds. The van der Waals surface area contributed by atoms with E-state index in [0.717, 1.165) is 18.2 Å². The lowest BCUT2D eigenvalue weighted by Crippen LogP contribution is -2.11. The first-order valence-electron chi connectivity index (χ1n) is 6.25. The molecular weight excluding hydrogens is 322 g/mol. The molecule has 8 heteroatoms. The molecule has 0 aliphatic heterocycles. The number of rotatable bonds is 2. The maximum Gasteiger partial charge on any atom is 0.433 e. The normalized spacial score (nSPS) is 12.0. The standard InChI is InChI=1S/C15H8F6N2/c16-14(17,18)11-4-2-1-3-9(11)10-5-6-13(15(19,20)21)23-12(10)7-8-22/h1-6H,7H2. The van der Waals surface area contributed by atoms with Gasteiger partial charge in [-0.3, -0.25) is 0 Å². The van der Waals surface area contributed by atoms with E-state index in [-0.39, 0.29) is 16.8 Å². The van der Waals surface area contributed by atoms with Crippen molar-refractivity contribution in [2.24, 2.45) is 0 Å². The lowest BCUT2D eigenvalue weighted by molar-refractivity contribution is -0.141. The Hall–Kier alpha value is -2.56. The van der Waals surface area contributed by atoms with Crippen molar-refractivity contribution in [3.05, 3.63) is 53.3 Å². The highest BCUT2D eigenvalue weighted by atomic mass is 19.4. The molecule has 0 radical (unpaired) electrons. The van der Waals surface area contributed by atoms with Crippen molar-refractivity contribution in [3.8, 4) is 17.2 Å². The van der Waals surface area contributed by atoms with Crippen molar-refractivity contribution in [1.82, 2.24) is 4.98 Å². The molecule has 0 aliphatic rings. The van der Waals surface area contributed by atoms with Crippen LogP contribution in [0.2, 0.25) is 0 Å². The minimum Gasteiger partial charge on any atom is -0.247 e. The molecule has 0 saturated heterocycles. The summed E-state index contributed by atoms with van der Waals surface area (Å²) in [6.45, 7) is 0. The van der Waals surface area contributed by atoms with Crippen LogP contribution in [0.3, 0.4) is 0 Å². The van der Waals surface area contributed by atoms with Crippen molar-refractivity contribution in [2.45, 2.75) is 18.8 Å². The second-order valence-electron chi connectivity index (χ2n) is 4.57. The first-order chi connectivity index (χ1) is 10.6. The molecule has 0 unspecified atom stereocenters. The van der Waals surface area contributed by atoms with Crippen molar-refractivity contribution in [1.29, 1.82) is 5.26 Å². The van der Waals surface area contributed by atoms with Gasteiger partial charge in [0.2, 0.25) is 0 Å². The van der Waals surface area contributed by atoms with Crippen LogP contribution in [0.5, 0.6) is 0 Å². The van der Waals surface area contributed by atoms with Crippen molar-refractivity contribution in [3.63, 3.8) is 0 Å². The molecule has 2 aromatic rings. The summed E-state index contributed by atoms with van der Waals surface area (Å²) in [4.78, 5) is 3.32. The quantitative estimate of drug-likeness (QED) is 0.738. The number of alkyl halides is 6. The first-order valence-corrected chi connectivity index (χ1v) is 6.25. The number of halogens is 6. The Balaban J connectivity index is 2.68. The van der Waals surface area contributed by atoms with Crippen LogP contribution in [0.25, 0.3) is 11.1 Å². The van der Waals surface area contributed by atoms with Crippen LogP contribution in [0.1, 0.15) is 17.0 Å².